The minimum atomic E-state index is -3.82. The van der Waals surface area contributed by atoms with Crippen LogP contribution in [-0.4, -0.2) is 41.7 Å². The number of nitrogens with one attached hydrogen (secondary N) is 3. The minimum Gasteiger partial charge on any atom is -0.331 e. The number of amides is 2. The van der Waals surface area contributed by atoms with Gasteiger partial charge in [0.1, 0.15) is 0 Å². The van der Waals surface area contributed by atoms with Crippen LogP contribution in [-0.2, 0) is 28.7 Å². The molecule has 4 rings (SSSR count). The van der Waals surface area contributed by atoms with Gasteiger partial charge in [0.2, 0.25) is 21.8 Å². The highest BCUT2D eigenvalue weighted by molar-refractivity contribution is 8.14. The molecule has 0 saturated heterocycles. The molecule has 4 aromatic rings. The van der Waals surface area contributed by atoms with E-state index in [1.807, 2.05) is 6.92 Å². The largest absolute Gasteiger partial charge is 0.331 e. The lowest BCUT2D eigenvalue weighted by atomic mass is 10.1. The highest BCUT2D eigenvalue weighted by atomic mass is 35.7. The first-order valence-corrected chi connectivity index (χ1v) is 16.3. The number of rotatable bonds is 6. The molecule has 42 heavy (non-hydrogen) atoms. The number of benzene rings is 4. The molecule has 228 valence electrons. The molecule has 10 nitrogen and oxygen atoms in total. The topological polar surface area (TPSA) is 165 Å². The van der Waals surface area contributed by atoms with Gasteiger partial charge in [-0.1, -0.05) is 62.4 Å². The van der Waals surface area contributed by atoms with E-state index in [0.717, 1.165) is 6.54 Å². The summed E-state index contributed by atoms with van der Waals surface area (Å²) in [6.45, 7) is 7.51. The van der Waals surface area contributed by atoms with Crippen LogP contribution in [0.1, 0.15) is 27.7 Å². The van der Waals surface area contributed by atoms with Gasteiger partial charge >= 0.3 is 0 Å². The van der Waals surface area contributed by atoms with Crippen molar-refractivity contribution in [3.8, 4) is 0 Å². The lowest BCUT2D eigenvalue weighted by Gasteiger charge is -2.11. The summed E-state index contributed by atoms with van der Waals surface area (Å²) >= 11 is 0. The van der Waals surface area contributed by atoms with Crippen LogP contribution in [0.15, 0.2) is 82.6 Å². The fourth-order valence-corrected chi connectivity index (χ4v) is 6.22. The molecule has 0 aromatic heterocycles. The molecular formula is C28H34Cl2N4O6S2. The number of anilines is 2. The average molecular weight is 658 g/mol. The fraction of sp³-hybridized carbons (Fsp3) is 0.214. The number of fused-ring (bicyclic) bond motifs is 2. The van der Waals surface area contributed by atoms with Crippen molar-refractivity contribution in [2.24, 2.45) is 5.73 Å². The fourth-order valence-electron chi connectivity index (χ4n) is 3.87. The molecular weight excluding hydrogens is 623 g/mol. The van der Waals surface area contributed by atoms with E-state index >= 15 is 0 Å². The molecule has 2 amide bonds. The van der Waals surface area contributed by atoms with Crippen molar-refractivity contribution in [3.63, 3.8) is 0 Å². The summed E-state index contributed by atoms with van der Waals surface area (Å²) in [5, 5.41) is 7.75. The van der Waals surface area contributed by atoms with Gasteiger partial charge in [0.05, 0.1) is 9.79 Å². The van der Waals surface area contributed by atoms with Crippen LogP contribution in [0.4, 0.5) is 11.4 Å². The summed E-state index contributed by atoms with van der Waals surface area (Å²) in [6.07, 6.45) is 0. The van der Waals surface area contributed by atoms with Gasteiger partial charge in [-0.3, -0.25) is 9.59 Å². The highest BCUT2D eigenvalue weighted by Gasteiger charge is 2.17. The van der Waals surface area contributed by atoms with Gasteiger partial charge in [-0.25, -0.2) is 21.6 Å². The number of sulfonamides is 1. The molecule has 4 aromatic carbocycles. The van der Waals surface area contributed by atoms with Crippen LogP contribution in [0.2, 0.25) is 0 Å². The van der Waals surface area contributed by atoms with Crippen LogP contribution in [0, 0.1) is 0 Å². The summed E-state index contributed by atoms with van der Waals surface area (Å²) in [6, 6.07) is 20.0. The first-order valence-electron chi connectivity index (χ1n) is 12.5. The molecule has 0 fully saturated rings. The van der Waals surface area contributed by atoms with Gasteiger partial charge in [0.15, 0.2) is 0 Å². The summed E-state index contributed by atoms with van der Waals surface area (Å²) < 4.78 is 49.8. The molecule has 0 spiro atoms. The van der Waals surface area contributed by atoms with Crippen molar-refractivity contribution in [2.45, 2.75) is 37.5 Å². The lowest BCUT2D eigenvalue weighted by Crippen LogP contribution is -2.23. The molecule has 0 aliphatic heterocycles. The molecule has 0 aliphatic rings. The number of hydrogen-bond acceptors (Lipinski definition) is 7. The van der Waals surface area contributed by atoms with E-state index in [1.54, 1.807) is 73.7 Å². The highest BCUT2D eigenvalue weighted by Crippen LogP contribution is 2.31. The van der Waals surface area contributed by atoms with Crippen molar-refractivity contribution >= 4 is 86.9 Å². The van der Waals surface area contributed by atoms with E-state index in [-0.39, 0.29) is 34.0 Å². The van der Waals surface area contributed by atoms with E-state index < -0.39 is 19.1 Å². The molecule has 0 heterocycles. The Bertz CT molecular complexity index is 1770. The second kappa shape index (κ2) is 16.4. The van der Waals surface area contributed by atoms with E-state index in [4.69, 9.17) is 16.4 Å². The third kappa shape index (κ3) is 9.93. The predicted molar refractivity (Wildman–Crippen MR) is 172 cm³/mol. The van der Waals surface area contributed by atoms with Crippen LogP contribution < -0.4 is 21.1 Å². The van der Waals surface area contributed by atoms with Crippen molar-refractivity contribution in [3.05, 3.63) is 72.8 Å². The zero-order valence-corrected chi connectivity index (χ0v) is 26.7. The summed E-state index contributed by atoms with van der Waals surface area (Å²) in [4.78, 5) is 22.5. The number of nitrogens with two attached hydrogens (primary N) is 1. The van der Waals surface area contributed by atoms with Crippen LogP contribution >= 0.6 is 23.1 Å². The molecule has 0 saturated carbocycles. The maximum Gasteiger partial charge on any atom is 0.261 e. The third-order valence-electron chi connectivity index (χ3n) is 5.27. The van der Waals surface area contributed by atoms with Crippen molar-refractivity contribution in [1.29, 1.82) is 0 Å². The van der Waals surface area contributed by atoms with E-state index in [0.29, 0.717) is 39.5 Å². The number of halogens is 2. The molecule has 0 aliphatic carbocycles. The number of carbonyl (C=O) groups excluding carboxylic acids is 2. The van der Waals surface area contributed by atoms with Crippen molar-refractivity contribution < 1.29 is 26.4 Å². The van der Waals surface area contributed by atoms with Gasteiger partial charge < -0.3 is 16.4 Å². The average Bonchev–Trinajstić information content (AvgIpc) is 2.88. The second-order valence-electron chi connectivity index (χ2n) is 8.52. The van der Waals surface area contributed by atoms with E-state index in [1.165, 1.54) is 19.9 Å². The van der Waals surface area contributed by atoms with Gasteiger partial charge in [-0.15, -0.1) is 12.4 Å². The Labute approximate surface area is 256 Å². The summed E-state index contributed by atoms with van der Waals surface area (Å²) in [5.74, 6) is -0.418. The second-order valence-corrected chi connectivity index (χ2v) is 12.8. The molecule has 0 bridgehead atoms. The van der Waals surface area contributed by atoms with E-state index in [2.05, 4.69) is 15.4 Å². The monoisotopic (exact) mass is 656 g/mol. The van der Waals surface area contributed by atoms with Crippen molar-refractivity contribution in [2.75, 3.05) is 23.7 Å². The Morgan fingerprint density at radius 1 is 0.690 bits per heavy atom. The molecule has 14 heteroatoms. The van der Waals surface area contributed by atoms with Crippen molar-refractivity contribution in [1.82, 2.24) is 4.72 Å². The smallest absolute Gasteiger partial charge is 0.261 e. The lowest BCUT2D eigenvalue weighted by molar-refractivity contribution is -0.115. The predicted octanol–water partition coefficient (Wildman–Crippen LogP) is 5.21. The Hall–Kier alpha value is -3.26. The van der Waals surface area contributed by atoms with Crippen LogP contribution in [0.3, 0.4) is 0 Å². The van der Waals surface area contributed by atoms with Crippen LogP contribution in [0.5, 0.6) is 0 Å². The quantitative estimate of drug-likeness (QED) is 0.207. The van der Waals surface area contributed by atoms with Gasteiger partial charge in [-0.2, -0.15) is 0 Å². The Balaban J connectivity index is 0.000000377. The molecule has 0 radical (unpaired) electrons. The van der Waals surface area contributed by atoms with Gasteiger partial charge in [0.25, 0.3) is 9.05 Å². The Morgan fingerprint density at radius 3 is 1.43 bits per heavy atom. The first kappa shape index (κ1) is 36.8. The number of hydrogen-bond donors (Lipinski definition) is 4. The zero-order valence-electron chi connectivity index (χ0n) is 23.5. The third-order valence-corrected chi connectivity index (χ3v) is 8.26. The standard InChI is InChI=1S/C14H16N2O3S.C12H10ClNO3S.C2H7N.ClH/c1-3-15-20(18,19)14-9-5-6-11-12(14)7-4-8-13(11)16-10(2)17;1-8(15)14-11-6-2-5-10-9(11)4-3-7-12(10)18(13,16)17;1-2-3;/h4-9,15H,3H2,1-2H3,(H,16,17);2-7H,1H3,(H,14,15);2-3H2,1H3;1H. The Kier molecular flexibility index (Phi) is 14.4. The normalized spacial score (nSPS) is 10.8. The van der Waals surface area contributed by atoms with E-state index in [9.17, 15) is 26.4 Å². The molecule has 0 unspecified atom stereocenters. The minimum absolute atomic E-state index is 0. The number of carbonyl (C=O) groups is 2. The molecule has 0 atom stereocenters. The van der Waals surface area contributed by atoms with Gasteiger partial charge in [-0.05, 0) is 30.8 Å². The maximum atomic E-state index is 12.2. The summed E-state index contributed by atoms with van der Waals surface area (Å²) in [5.41, 5.74) is 6.01. The zero-order chi connectivity index (χ0) is 30.8. The SMILES string of the molecule is CC(=O)Nc1cccc2c(S(=O)(=O)Cl)cccc12.CCN.CCNS(=O)(=O)c1cccc2c(NC(C)=O)cccc12.Cl. The summed E-state index contributed by atoms with van der Waals surface area (Å²) in [7, 11) is -1.98. The molecule has 5 N–H and O–H groups in total. The van der Waals surface area contributed by atoms with Crippen LogP contribution in [0.25, 0.3) is 21.5 Å². The van der Waals surface area contributed by atoms with Gasteiger partial charge in [0, 0.05) is 64.0 Å². The first-order chi connectivity index (χ1) is 19.3. The Morgan fingerprint density at radius 2 is 1.05 bits per heavy atom. The maximum absolute atomic E-state index is 12.2.